The lowest BCUT2D eigenvalue weighted by atomic mass is 9.91. The summed E-state index contributed by atoms with van der Waals surface area (Å²) in [6, 6.07) is 24.2. The number of sulfone groups is 3. The van der Waals surface area contributed by atoms with Gasteiger partial charge in [0, 0.05) is 93.9 Å². The zero-order chi connectivity index (χ0) is 76.1. The molecule has 0 unspecified atom stereocenters. The molecule has 3 aromatic carbocycles. The van der Waals surface area contributed by atoms with Crippen LogP contribution in [0, 0.1) is 38.2 Å². The fraction of sp³-hybridized carbons (Fsp3) is 0.301. The Morgan fingerprint density at radius 3 is 1.17 bits per heavy atom. The predicted molar refractivity (Wildman–Crippen MR) is 413 cm³/mol. The molecule has 19 nitrogen and oxygen atoms in total. The van der Waals surface area contributed by atoms with Crippen LogP contribution in [0.2, 0.25) is 25.6 Å². The Morgan fingerprint density at radius 2 is 0.817 bits per heavy atom. The molecule has 31 heteroatoms. The highest BCUT2D eigenvalue weighted by Gasteiger charge is 2.27. The molecule has 0 atom stereocenters. The van der Waals surface area contributed by atoms with E-state index in [4.69, 9.17) is 63.7 Å². The lowest BCUT2D eigenvalue weighted by molar-refractivity contribution is 0.217. The van der Waals surface area contributed by atoms with Gasteiger partial charge in [0.2, 0.25) is 16.5 Å². The van der Waals surface area contributed by atoms with Gasteiger partial charge in [-0.15, -0.1) is 0 Å². The summed E-state index contributed by atoms with van der Waals surface area (Å²) in [6.07, 6.45) is 27.6. The number of rotatable bonds is 18. The minimum absolute atomic E-state index is 0.0246. The molecule has 2 fully saturated rings. The molecule has 0 amide bonds. The van der Waals surface area contributed by atoms with Gasteiger partial charge in [-0.2, -0.15) is 0 Å². The molecule has 11 rings (SSSR count). The Hall–Kier alpha value is -7.18. The first kappa shape index (κ1) is 84.1. The van der Waals surface area contributed by atoms with Gasteiger partial charge >= 0.3 is 0 Å². The van der Waals surface area contributed by atoms with Crippen molar-refractivity contribution in [3.05, 3.63) is 244 Å². The van der Waals surface area contributed by atoms with Crippen molar-refractivity contribution in [3.63, 3.8) is 0 Å². The number of hydrogen-bond acceptors (Lipinski definition) is 19. The van der Waals surface area contributed by atoms with Gasteiger partial charge in [0.1, 0.15) is 34.7 Å². The van der Waals surface area contributed by atoms with Crippen molar-refractivity contribution >= 4 is 140 Å². The number of aromatic nitrogens is 9. The maximum Gasteiger partial charge on any atom is 0.222 e. The summed E-state index contributed by atoms with van der Waals surface area (Å²) in [7, 11) is -2.87. The molecule has 2 saturated carbocycles. The largest absolute Gasteiger partial charge is 0.351 e. The number of benzene rings is 3. The van der Waals surface area contributed by atoms with Crippen molar-refractivity contribution < 1.29 is 38.4 Å². The van der Waals surface area contributed by atoms with E-state index in [2.05, 4.69) is 111 Å². The monoisotopic (exact) mass is 1640 g/mol. The number of hydrogen-bond donors (Lipinski definition) is 2. The third-order valence-electron chi connectivity index (χ3n) is 16.6. The molecule has 552 valence electrons. The van der Waals surface area contributed by atoms with Gasteiger partial charge in [0.25, 0.3) is 0 Å². The minimum Gasteiger partial charge on any atom is -0.351 e. The van der Waals surface area contributed by atoms with E-state index in [0.717, 1.165) is 42.9 Å². The summed E-state index contributed by atoms with van der Waals surface area (Å²) in [5.41, 5.74) is 10.2. The number of anilines is 1. The summed E-state index contributed by atoms with van der Waals surface area (Å²) >= 11 is 32.0. The van der Waals surface area contributed by atoms with Crippen molar-refractivity contribution in [2.75, 3.05) is 33.5 Å². The Labute approximate surface area is 639 Å². The normalized spacial score (nSPS) is 16.1. The molecule has 0 bridgehead atoms. The topological polar surface area (TPSA) is 263 Å². The Bertz CT molecular complexity index is 4820. The first-order valence-electron chi connectivity index (χ1n) is 32.4. The van der Waals surface area contributed by atoms with E-state index < -0.39 is 64.2 Å². The second kappa shape index (κ2) is 39.4. The smallest absolute Gasteiger partial charge is 0.222 e. The van der Waals surface area contributed by atoms with E-state index >= 15 is 0 Å². The van der Waals surface area contributed by atoms with Crippen LogP contribution < -0.4 is 11.1 Å². The molecule has 0 spiro atoms. The van der Waals surface area contributed by atoms with Gasteiger partial charge in [-0.1, -0.05) is 108 Å². The van der Waals surface area contributed by atoms with Crippen LogP contribution in [-0.4, -0.2) is 132 Å². The highest BCUT2D eigenvalue weighted by atomic mass is 79.9. The average Bonchev–Trinajstić information content (AvgIpc) is 0.812. The molecular formula is C73H78BrCl5F3N13O6S3. The molecule has 0 aliphatic heterocycles. The lowest BCUT2D eigenvalue weighted by Gasteiger charge is -2.32. The van der Waals surface area contributed by atoms with Crippen LogP contribution in [0.3, 0.4) is 0 Å². The van der Waals surface area contributed by atoms with Gasteiger partial charge < -0.3 is 20.9 Å². The van der Waals surface area contributed by atoms with Crippen molar-refractivity contribution in [2.24, 2.45) is 5.73 Å². The maximum atomic E-state index is 14.8. The van der Waals surface area contributed by atoms with Crippen LogP contribution in [0.5, 0.6) is 0 Å². The molecule has 2 aliphatic carbocycles. The first-order chi connectivity index (χ1) is 49.2. The molecule has 6 aromatic heterocycles. The number of pyridine rings is 3. The van der Waals surface area contributed by atoms with E-state index in [9.17, 15) is 38.4 Å². The zero-order valence-corrected chi connectivity index (χ0v) is 65.7. The van der Waals surface area contributed by atoms with E-state index in [-0.39, 0.29) is 57.4 Å². The second-order valence-electron chi connectivity index (χ2n) is 24.7. The average molecular weight is 1640 g/mol. The van der Waals surface area contributed by atoms with Crippen LogP contribution >= 0.6 is 73.9 Å². The molecule has 2 aliphatic rings. The van der Waals surface area contributed by atoms with E-state index in [1.54, 1.807) is 112 Å². The number of halogens is 9. The van der Waals surface area contributed by atoms with Gasteiger partial charge in [-0.05, 0) is 205 Å². The van der Waals surface area contributed by atoms with Crippen LogP contribution in [0.15, 0.2) is 154 Å². The van der Waals surface area contributed by atoms with Crippen molar-refractivity contribution in [1.82, 2.24) is 54.7 Å². The van der Waals surface area contributed by atoms with Crippen LogP contribution in [0.1, 0.15) is 113 Å². The van der Waals surface area contributed by atoms with Gasteiger partial charge in [-0.25, -0.2) is 68.3 Å². The second-order valence-corrected chi connectivity index (χ2v) is 33.3. The summed E-state index contributed by atoms with van der Waals surface area (Å²) in [5.74, 6) is -3.17. The first-order valence-corrected chi connectivity index (χ1v) is 40.0. The zero-order valence-electron chi connectivity index (χ0n) is 57.9. The number of nitrogens with two attached hydrogens (primary N) is 1. The van der Waals surface area contributed by atoms with Gasteiger partial charge in [0.15, 0.2) is 29.5 Å². The Balaban J connectivity index is 0.000000198. The molecular weight excluding hydrogens is 1570 g/mol. The molecule has 0 saturated heterocycles. The summed E-state index contributed by atoms with van der Waals surface area (Å²) in [5, 5.41) is 4.11. The van der Waals surface area contributed by atoms with Crippen molar-refractivity contribution in [1.29, 1.82) is 0 Å². The van der Waals surface area contributed by atoms with Crippen LogP contribution in [0.25, 0.3) is 30.4 Å². The summed E-state index contributed by atoms with van der Waals surface area (Å²) in [4.78, 5) is 40.8. The van der Waals surface area contributed by atoms with E-state index in [1.807, 2.05) is 0 Å². The number of nitrogens with one attached hydrogen (secondary N) is 1. The fourth-order valence-corrected chi connectivity index (χ4v) is 16.7. The standard InChI is InChI=1S/C27H31ClFN5O2S.C19H14Cl2FN3O2S.C13H10BrClFNO2S.C8H18N2.C6H5ClN2/c1-18-20(14-24(29)25(32-18)17-37(35,36)26-7-5-4-6-23(26)28)9-8-19-15-30-27(31-16-19)33-21-10-12-22(13-11-21)34(2)3;1-12-14(7-6-13-9-23-19(21)24-10-13)8-16(22)17(25-12)11-28(26,27)18-5-3-2-4-15(18)20;1-8-9(14)6-11(16)12(17-8)7-20(18,19)13-5-3-2-4-10(13)15;1-10(2)8-5-3-7(9)4-6-8;1-2-5-3-8-6(7)9-4-5/h4-9,14-16,21-22H,10-13,17H2,1-3H3,(H,30,31,33);2-10H,11H2,1H3;2-6H,7H2,1H3;7-8H,3-6,9H2,1-2H3;2-4H,1H2/b9-8+;7-6+;;;. The van der Waals surface area contributed by atoms with Gasteiger partial charge in [-0.3, -0.25) is 15.0 Å². The van der Waals surface area contributed by atoms with E-state index in [1.165, 1.54) is 92.7 Å². The third-order valence-corrected chi connectivity index (χ3v) is 24.1. The fourth-order valence-electron chi connectivity index (χ4n) is 10.6. The van der Waals surface area contributed by atoms with Crippen LogP contribution in [-0.2, 0) is 46.8 Å². The summed E-state index contributed by atoms with van der Waals surface area (Å²) < 4.78 is 119. The third kappa shape index (κ3) is 25.5. The molecule has 6 heterocycles. The van der Waals surface area contributed by atoms with Crippen LogP contribution in [0.4, 0.5) is 19.1 Å². The maximum absolute atomic E-state index is 14.8. The predicted octanol–water partition coefficient (Wildman–Crippen LogP) is 16.7. The molecule has 9 aromatic rings. The summed E-state index contributed by atoms with van der Waals surface area (Å²) in [6.45, 7) is 8.58. The molecule has 104 heavy (non-hydrogen) atoms. The molecule has 0 radical (unpaired) electrons. The van der Waals surface area contributed by atoms with Gasteiger partial charge in [0.05, 0.1) is 52.5 Å². The van der Waals surface area contributed by atoms with Crippen molar-refractivity contribution in [2.45, 2.75) is 128 Å². The Morgan fingerprint density at radius 1 is 0.490 bits per heavy atom. The number of aryl methyl sites for hydroxylation is 3. The van der Waals surface area contributed by atoms with Crippen molar-refractivity contribution in [3.8, 4) is 0 Å². The highest BCUT2D eigenvalue weighted by Crippen LogP contribution is 2.31. The highest BCUT2D eigenvalue weighted by molar-refractivity contribution is 9.10. The Kier molecular flexibility index (Phi) is 31.9. The van der Waals surface area contributed by atoms with E-state index in [0.29, 0.717) is 62.3 Å². The quantitative estimate of drug-likeness (QED) is 0.0756. The SMILES string of the molecule is C=Cc1cnc(Cl)nc1.CN(C)C1CCC(N)CC1.Cc1nc(CS(=O)(=O)c2ccccc2Cl)c(F)cc1/C=C/c1cnc(Cl)nc1.Cc1nc(CS(=O)(=O)c2ccccc2Cl)c(F)cc1/C=C/c1cnc(NC2CCC(N(C)C)CC2)nc1.Cc1nc(CS(=O)(=O)c2ccccc2Cl)c(F)cc1Br. The minimum atomic E-state index is -3.85. The lowest BCUT2D eigenvalue weighted by Crippen LogP contribution is -2.36. The number of nitrogens with zero attached hydrogens (tertiary/aromatic N) is 11. The molecule has 3 N–H and O–H groups in total.